The molecule has 0 saturated heterocycles. The molecule has 0 atom stereocenters. The third-order valence-corrected chi connectivity index (χ3v) is 3.14. The van der Waals surface area contributed by atoms with Gasteiger partial charge in [0.05, 0.1) is 7.11 Å². The van der Waals surface area contributed by atoms with Crippen LogP contribution in [0, 0.1) is 2.88 Å². The molecule has 0 amide bonds. The summed E-state index contributed by atoms with van der Waals surface area (Å²) < 4.78 is 9.03. The molecule has 60 valence electrons. The minimum Gasteiger partial charge on any atom is -0.465 e. The molecule has 6 heteroatoms. The van der Waals surface area contributed by atoms with E-state index in [-0.39, 0.29) is 5.15 Å². The molecule has 0 saturated carbocycles. The Balaban J connectivity index is 3.10. The van der Waals surface area contributed by atoms with Crippen LogP contribution in [0.15, 0.2) is 0 Å². The van der Waals surface area contributed by atoms with E-state index < -0.39 is 5.97 Å². The molecule has 1 heterocycles. The summed E-state index contributed by atoms with van der Waals surface area (Å²) in [6.07, 6.45) is 0. The summed E-state index contributed by atoms with van der Waals surface area (Å²) in [6.45, 7) is 0. The van der Waals surface area contributed by atoms with Crippen LogP contribution in [-0.2, 0) is 4.74 Å². The van der Waals surface area contributed by atoms with Crippen molar-refractivity contribution in [2.24, 2.45) is 0 Å². The number of rotatable bonds is 1. The fourth-order valence-corrected chi connectivity index (χ4v) is 2.30. The number of aromatic nitrogens is 1. The first kappa shape index (κ1) is 9.21. The van der Waals surface area contributed by atoms with Crippen molar-refractivity contribution < 1.29 is 9.53 Å². The van der Waals surface area contributed by atoms with E-state index >= 15 is 0 Å². The van der Waals surface area contributed by atoms with Crippen LogP contribution >= 0.6 is 45.7 Å². The fraction of sp³-hybridized carbons (Fsp3) is 0.200. The number of methoxy groups -OCH3 is 1. The van der Waals surface area contributed by atoms with E-state index in [1.165, 1.54) is 18.6 Å². The molecular formula is C5H3ClINO2S. The minimum absolute atomic E-state index is 0.214. The van der Waals surface area contributed by atoms with Crippen molar-refractivity contribution in [2.45, 2.75) is 0 Å². The normalized spacial score (nSPS) is 9.73. The molecule has 0 radical (unpaired) electrons. The van der Waals surface area contributed by atoms with E-state index in [2.05, 4.69) is 9.11 Å². The third-order valence-electron chi connectivity index (χ3n) is 0.998. The highest BCUT2D eigenvalue weighted by Crippen LogP contribution is 2.25. The van der Waals surface area contributed by atoms with Crippen LogP contribution in [0.3, 0.4) is 0 Å². The molecule has 3 nitrogen and oxygen atoms in total. The van der Waals surface area contributed by atoms with Gasteiger partial charge in [0.15, 0.2) is 5.15 Å². The first-order valence-corrected chi connectivity index (χ1v) is 4.78. The lowest BCUT2D eigenvalue weighted by Crippen LogP contribution is -2.01. The quantitative estimate of drug-likeness (QED) is 0.590. The molecule has 0 unspecified atom stereocenters. The topological polar surface area (TPSA) is 39.2 Å². The highest BCUT2D eigenvalue weighted by Gasteiger charge is 2.17. The second kappa shape index (κ2) is 3.68. The number of hydrogen-bond donors (Lipinski definition) is 0. The van der Waals surface area contributed by atoms with Gasteiger partial charge in [0.2, 0.25) is 0 Å². The number of hydrogen-bond acceptors (Lipinski definition) is 4. The van der Waals surface area contributed by atoms with Crippen molar-refractivity contribution in [2.75, 3.05) is 7.11 Å². The van der Waals surface area contributed by atoms with E-state index in [1.807, 2.05) is 22.6 Å². The smallest absolute Gasteiger partial charge is 0.343 e. The Bertz CT molecular complexity index is 269. The van der Waals surface area contributed by atoms with Gasteiger partial charge in [0.25, 0.3) is 0 Å². The van der Waals surface area contributed by atoms with Gasteiger partial charge >= 0.3 is 5.97 Å². The highest BCUT2D eigenvalue weighted by molar-refractivity contribution is 14.1. The number of halogens is 2. The molecule has 0 bridgehead atoms. The van der Waals surface area contributed by atoms with Crippen molar-refractivity contribution in [3.63, 3.8) is 0 Å². The van der Waals surface area contributed by atoms with Crippen molar-refractivity contribution in [1.82, 2.24) is 4.37 Å². The summed E-state index contributed by atoms with van der Waals surface area (Å²) in [4.78, 5) is 11.0. The maximum Gasteiger partial charge on any atom is 0.343 e. The van der Waals surface area contributed by atoms with Gasteiger partial charge < -0.3 is 4.74 Å². The lowest BCUT2D eigenvalue weighted by atomic mass is 10.4. The zero-order valence-corrected chi connectivity index (χ0v) is 9.16. The van der Waals surface area contributed by atoms with Crippen LogP contribution in [0.4, 0.5) is 0 Å². The SMILES string of the molecule is COC(=O)c1c(Cl)nsc1I. The van der Waals surface area contributed by atoms with Crippen molar-refractivity contribution in [1.29, 1.82) is 0 Å². The standard InChI is InChI=1S/C5H3ClINO2S/c1-10-5(9)2-3(6)8-11-4(2)7/h1H3. The van der Waals surface area contributed by atoms with Crippen molar-refractivity contribution >= 4 is 51.7 Å². The van der Waals surface area contributed by atoms with Gasteiger partial charge in [0, 0.05) is 0 Å². The lowest BCUT2D eigenvalue weighted by Gasteiger charge is -1.94. The summed E-state index contributed by atoms with van der Waals surface area (Å²) in [7, 11) is 1.31. The lowest BCUT2D eigenvalue weighted by molar-refractivity contribution is 0.0600. The van der Waals surface area contributed by atoms with Crippen LogP contribution < -0.4 is 0 Å². The zero-order chi connectivity index (χ0) is 8.43. The third kappa shape index (κ3) is 1.83. The molecule has 0 fully saturated rings. The monoisotopic (exact) mass is 303 g/mol. The van der Waals surface area contributed by atoms with Crippen LogP contribution in [0.25, 0.3) is 0 Å². The van der Waals surface area contributed by atoms with Gasteiger partial charge in [-0.1, -0.05) is 11.6 Å². The molecule has 0 aliphatic rings. The molecule has 1 aromatic heterocycles. The first-order chi connectivity index (χ1) is 5.16. The molecule has 1 aromatic rings. The number of carbonyl (C=O) groups excluding carboxylic acids is 1. The summed E-state index contributed by atoms with van der Waals surface area (Å²) >= 11 is 8.78. The molecule has 1 rings (SSSR count). The largest absolute Gasteiger partial charge is 0.465 e. The van der Waals surface area contributed by atoms with E-state index in [1.54, 1.807) is 0 Å². The maximum absolute atomic E-state index is 11.0. The average Bonchev–Trinajstić information content (AvgIpc) is 2.30. The Kier molecular flexibility index (Phi) is 3.08. The predicted molar refractivity (Wildman–Crippen MR) is 51.2 cm³/mol. The summed E-state index contributed by atoms with van der Waals surface area (Å²) in [6, 6.07) is 0. The second-order valence-electron chi connectivity index (χ2n) is 1.61. The summed E-state index contributed by atoms with van der Waals surface area (Å²) in [5.41, 5.74) is 0.361. The van der Waals surface area contributed by atoms with Gasteiger partial charge in [-0.05, 0) is 34.1 Å². The van der Waals surface area contributed by atoms with Crippen molar-refractivity contribution in [3.05, 3.63) is 13.6 Å². The zero-order valence-electron chi connectivity index (χ0n) is 5.43. The number of nitrogens with zero attached hydrogens (tertiary/aromatic N) is 1. The molecule has 11 heavy (non-hydrogen) atoms. The summed E-state index contributed by atoms with van der Waals surface area (Å²) in [5.74, 6) is -0.437. The predicted octanol–water partition coefficient (Wildman–Crippen LogP) is 2.19. The van der Waals surface area contributed by atoms with Gasteiger partial charge in [-0.2, -0.15) is 4.37 Å². The molecule has 0 aliphatic carbocycles. The van der Waals surface area contributed by atoms with Gasteiger partial charge in [-0.3, -0.25) is 0 Å². The number of esters is 1. The molecule has 0 aliphatic heterocycles. The summed E-state index contributed by atoms with van der Waals surface area (Å²) in [5, 5.41) is 0.214. The Hall–Kier alpha value is 0.120. The fourth-order valence-electron chi connectivity index (χ4n) is 0.519. The Morgan fingerprint density at radius 1 is 1.82 bits per heavy atom. The van der Waals surface area contributed by atoms with E-state index in [4.69, 9.17) is 11.6 Å². The second-order valence-corrected chi connectivity index (χ2v) is 4.56. The van der Waals surface area contributed by atoms with Crippen LogP contribution in [0.2, 0.25) is 5.15 Å². The van der Waals surface area contributed by atoms with E-state index in [9.17, 15) is 4.79 Å². The van der Waals surface area contributed by atoms with Crippen LogP contribution in [-0.4, -0.2) is 17.5 Å². The van der Waals surface area contributed by atoms with Gasteiger partial charge in [-0.25, -0.2) is 4.79 Å². The molecule has 0 aromatic carbocycles. The molecule has 0 N–H and O–H groups in total. The van der Waals surface area contributed by atoms with Crippen molar-refractivity contribution in [3.8, 4) is 0 Å². The van der Waals surface area contributed by atoms with E-state index in [0.29, 0.717) is 5.56 Å². The molecular weight excluding hydrogens is 300 g/mol. The Labute approximate surface area is 86.0 Å². The van der Waals surface area contributed by atoms with Gasteiger partial charge in [-0.15, -0.1) is 0 Å². The van der Waals surface area contributed by atoms with E-state index in [0.717, 1.165) is 2.88 Å². The number of ether oxygens (including phenoxy) is 1. The van der Waals surface area contributed by atoms with Crippen LogP contribution in [0.1, 0.15) is 10.4 Å². The average molecular weight is 304 g/mol. The molecule has 0 spiro atoms. The highest BCUT2D eigenvalue weighted by atomic mass is 127. The Morgan fingerprint density at radius 3 is 2.82 bits per heavy atom. The Morgan fingerprint density at radius 2 is 2.45 bits per heavy atom. The minimum atomic E-state index is -0.437. The first-order valence-electron chi connectivity index (χ1n) is 2.55. The maximum atomic E-state index is 11.0. The number of carbonyl (C=O) groups is 1. The van der Waals surface area contributed by atoms with Gasteiger partial charge in [0.1, 0.15) is 8.45 Å². The van der Waals surface area contributed by atoms with Crippen LogP contribution in [0.5, 0.6) is 0 Å².